The van der Waals surface area contributed by atoms with Gasteiger partial charge in [-0.3, -0.25) is 14.2 Å². The molecule has 0 aliphatic carbocycles. The number of nitrogens with one attached hydrogen (secondary N) is 2. The second-order valence-corrected chi connectivity index (χ2v) is 16.1. The van der Waals surface area contributed by atoms with E-state index in [9.17, 15) is 14.2 Å². The molecule has 0 aromatic carbocycles. The number of carbonyl (C=O) groups is 2. The number of ether oxygens (including phenoxy) is 3. The summed E-state index contributed by atoms with van der Waals surface area (Å²) in [6, 6.07) is 1.69. The predicted octanol–water partition coefficient (Wildman–Crippen LogP) is 6.82. The van der Waals surface area contributed by atoms with E-state index in [4.69, 9.17) is 19.9 Å². The van der Waals surface area contributed by atoms with Gasteiger partial charge >= 0.3 is 11.9 Å². The van der Waals surface area contributed by atoms with Crippen LogP contribution in [0.25, 0.3) is 11.2 Å². The van der Waals surface area contributed by atoms with Crippen LogP contribution in [0.5, 0.6) is 0 Å². The van der Waals surface area contributed by atoms with E-state index in [1.807, 2.05) is 11.5 Å². The van der Waals surface area contributed by atoms with Gasteiger partial charge in [-0.05, 0) is 78.2 Å². The highest BCUT2D eigenvalue weighted by Crippen LogP contribution is 2.42. The van der Waals surface area contributed by atoms with E-state index in [1.165, 1.54) is 0 Å². The van der Waals surface area contributed by atoms with Crippen molar-refractivity contribution < 1.29 is 28.4 Å². The lowest BCUT2D eigenvalue weighted by atomic mass is 9.99. The van der Waals surface area contributed by atoms with Crippen LogP contribution in [-0.2, 0) is 34.9 Å². The molecule has 0 aliphatic rings. The second kappa shape index (κ2) is 18.9. The number of esters is 2. The number of rotatable bonds is 23. The molecule has 0 unspecified atom stereocenters. The Bertz CT molecular complexity index is 1250. The first-order valence-electron chi connectivity index (χ1n) is 17.3. The lowest BCUT2D eigenvalue weighted by molar-refractivity contribution is -0.151. The Morgan fingerprint density at radius 3 is 1.79 bits per heavy atom. The fourth-order valence-electron chi connectivity index (χ4n) is 5.77. The normalized spacial score (nSPS) is 13.4. The van der Waals surface area contributed by atoms with Crippen molar-refractivity contribution in [2.75, 3.05) is 25.3 Å². The Labute approximate surface area is 282 Å². The van der Waals surface area contributed by atoms with Gasteiger partial charge in [0.05, 0.1) is 37.9 Å². The topological polar surface area (TPSA) is 160 Å². The zero-order chi connectivity index (χ0) is 35.3. The summed E-state index contributed by atoms with van der Waals surface area (Å²) in [5.41, 5.74) is 5.06. The molecule has 0 saturated carbocycles. The summed E-state index contributed by atoms with van der Waals surface area (Å²) in [5.74, 6) is -0.525. The Morgan fingerprint density at radius 1 is 0.872 bits per heavy atom. The number of nitrogens with zero attached hydrogens (tertiary/aromatic N) is 3. The van der Waals surface area contributed by atoms with Crippen molar-refractivity contribution in [2.45, 2.75) is 137 Å². The highest BCUT2D eigenvalue weighted by atomic mass is 31.2. The van der Waals surface area contributed by atoms with Crippen molar-refractivity contribution in [2.24, 2.45) is 11.8 Å². The molecule has 47 heavy (non-hydrogen) atoms. The minimum atomic E-state index is -3.80. The summed E-state index contributed by atoms with van der Waals surface area (Å²) >= 11 is 0. The molecule has 0 spiro atoms. The number of fused-ring (bicyclic) bond motifs is 1. The number of carbonyl (C=O) groups excluding carboxylic acids is 2. The molecule has 0 aliphatic heterocycles. The van der Waals surface area contributed by atoms with Crippen LogP contribution in [0.2, 0.25) is 0 Å². The van der Waals surface area contributed by atoms with Crippen LogP contribution in [0.3, 0.4) is 0 Å². The predicted molar refractivity (Wildman–Crippen MR) is 188 cm³/mol. The van der Waals surface area contributed by atoms with Crippen LogP contribution >= 0.6 is 7.44 Å². The first kappa shape index (κ1) is 40.6. The van der Waals surface area contributed by atoms with Gasteiger partial charge in [-0.25, -0.2) is 20.1 Å². The minimum absolute atomic E-state index is 0.265. The van der Waals surface area contributed by atoms with Crippen molar-refractivity contribution in [1.29, 1.82) is 0 Å². The summed E-state index contributed by atoms with van der Waals surface area (Å²) in [4.78, 5) is 35.5. The van der Waals surface area contributed by atoms with Crippen molar-refractivity contribution in [3.05, 3.63) is 18.6 Å². The first-order chi connectivity index (χ1) is 22.1. The molecule has 2 heterocycles. The molecule has 2 rings (SSSR count). The molecular formula is C34H61N6O6P. The number of imidazole rings is 1. The summed E-state index contributed by atoms with van der Waals surface area (Å²) in [7, 11) is -3.80. The van der Waals surface area contributed by atoms with Gasteiger partial charge in [0.1, 0.15) is 22.9 Å². The molecule has 0 bridgehead atoms. The molecule has 268 valence electrons. The molecule has 12 nitrogen and oxygen atoms in total. The number of pyridine rings is 1. The van der Waals surface area contributed by atoms with Gasteiger partial charge in [-0.1, -0.05) is 53.4 Å². The van der Waals surface area contributed by atoms with Crippen LogP contribution in [0, 0.1) is 11.8 Å². The van der Waals surface area contributed by atoms with Crippen molar-refractivity contribution >= 4 is 36.2 Å². The van der Waals surface area contributed by atoms with Gasteiger partial charge in [0.15, 0.2) is 5.65 Å². The van der Waals surface area contributed by atoms with Crippen LogP contribution in [0.4, 0.5) is 5.69 Å². The zero-order valence-electron chi connectivity index (χ0n) is 30.3. The Balaban J connectivity index is 2.24. The highest BCUT2D eigenvalue weighted by molar-refractivity contribution is 7.59. The number of nitrogen functional groups attached to an aromatic ring is 1. The van der Waals surface area contributed by atoms with E-state index in [1.54, 1.807) is 46.3 Å². The number of hydrogen-bond acceptors (Lipinski definition) is 9. The zero-order valence-corrected chi connectivity index (χ0v) is 31.2. The van der Waals surface area contributed by atoms with Gasteiger partial charge < -0.3 is 24.5 Å². The summed E-state index contributed by atoms with van der Waals surface area (Å²) in [6.07, 6.45) is 10.3. The van der Waals surface area contributed by atoms with Crippen molar-refractivity contribution in [1.82, 2.24) is 24.7 Å². The van der Waals surface area contributed by atoms with Crippen molar-refractivity contribution in [3.8, 4) is 0 Å². The lowest BCUT2D eigenvalue weighted by Gasteiger charge is -2.36. The number of nitrogens with two attached hydrogens (primary N) is 1. The largest absolute Gasteiger partial charge is 0.464 e. The Hall–Kier alpha value is -2.53. The average Bonchev–Trinajstić information content (AvgIpc) is 3.40. The molecule has 0 radical (unpaired) electrons. The maximum atomic E-state index is 14.7. The molecule has 0 amide bonds. The monoisotopic (exact) mass is 680 g/mol. The second-order valence-electron chi connectivity index (χ2n) is 13.9. The van der Waals surface area contributed by atoms with E-state index >= 15 is 0 Å². The van der Waals surface area contributed by atoms with E-state index < -0.39 is 36.6 Å². The van der Waals surface area contributed by atoms with Crippen LogP contribution in [0.1, 0.15) is 114 Å². The number of hydrogen-bond donors (Lipinski definition) is 3. The molecule has 0 saturated heterocycles. The fraction of sp³-hybridized carbons (Fsp3) is 0.765. The molecule has 2 aromatic rings. The quantitative estimate of drug-likeness (QED) is 0.0834. The Kier molecular flexibility index (Phi) is 16.3. The van der Waals surface area contributed by atoms with Gasteiger partial charge in [0.2, 0.25) is 7.44 Å². The average molecular weight is 681 g/mol. The standard InChI is InChI=1S/C34H61N6O6P/c1-10-14-26(15-11-2)21-44-31(41)33(6,7)38-47(43,39-34(8,9)32(42)45-22-27(16-12-3)17-13-4)24-46-25(5)20-40-23-37-29-28(35)18-19-36-30(29)40/h18-19,23,25-27H,10-17,20-22,24H2,1-9H3,(H2,35,36)(H2,38,39,43)/t25-/m1/s1. The molecule has 1 atom stereocenters. The van der Waals surface area contributed by atoms with E-state index in [0.29, 0.717) is 36.6 Å². The van der Waals surface area contributed by atoms with E-state index in [0.717, 1.165) is 51.4 Å². The summed E-state index contributed by atoms with van der Waals surface area (Å²) in [5, 5.41) is 6.03. The van der Waals surface area contributed by atoms with Gasteiger partial charge in [0, 0.05) is 6.20 Å². The fourth-order valence-corrected chi connectivity index (χ4v) is 8.41. The smallest absolute Gasteiger partial charge is 0.326 e. The third kappa shape index (κ3) is 12.8. The van der Waals surface area contributed by atoms with E-state index in [2.05, 4.69) is 47.8 Å². The summed E-state index contributed by atoms with van der Waals surface area (Å²) in [6.45, 7) is 17.7. The molecule has 0 fully saturated rings. The van der Waals surface area contributed by atoms with Crippen molar-refractivity contribution in [3.63, 3.8) is 0 Å². The maximum Gasteiger partial charge on any atom is 0.326 e. The van der Waals surface area contributed by atoms with Crippen LogP contribution < -0.4 is 15.9 Å². The number of aromatic nitrogens is 3. The molecule has 4 N–H and O–H groups in total. The third-order valence-electron chi connectivity index (χ3n) is 8.16. The van der Waals surface area contributed by atoms with Crippen LogP contribution in [-0.4, -0.2) is 63.2 Å². The lowest BCUT2D eigenvalue weighted by Crippen LogP contribution is -2.54. The van der Waals surface area contributed by atoms with Gasteiger partial charge in [-0.2, -0.15) is 0 Å². The first-order valence-corrected chi connectivity index (χ1v) is 19.2. The molecule has 13 heteroatoms. The molecule has 2 aromatic heterocycles. The SMILES string of the molecule is CCCC(CCC)COC(=O)C(C)(C)NP(=O)(CO[C@H](C)Cn1cnc2c(N)ccnc21)NC(C)(C)C(=O)OCC(CCC)CCC. The highest BCUT2D eigenvalue weighted by Gasteiger charge is 2.43. The maximum absolute atomic E-state index is 14.7. The number of anilines is 1. The van der Waals surface area contributed by atoms with Gasteiger partial charge in [0.25, 0.3) is 0 Å². The van der Waals surface area contributed by atoms with E-state index in [-0.39, 0.29) is 18.2 Å². The third-order valence-corrected chi connectivity index (χ3v) is 10.5. The minimum Gasteiger partial charge on any atom is -0.464 e. The Morgan fingerprint density at radius 2 is 1.34 bits per heavy atom. The summed E-state index contributed by atoms with van der Waals surface area (Å²) < 4.78 is 34.1. The van der Waals surface area contributed by atoms with Gasteiger partial charge in [-0.15, -0.1) is 0 Å². The molecular weight excluding hydrogens is 619 g/mol. The van der Waals surface area contributed by atoms with Crippen LogP contribution in [0.15, 0.2) is 18.6 Å².